The number of sulfonamides is 1. The Balaban J connectivity index is 1.99. The molecule has 1 aliphatic heterocycles. The van der Waals surface area contributed by atoms with E-state index in [4.69, 9.17) is 18.0 Å². The van der Waals surface area contributed by atoms with Crippen LogP contribution in [0.2, 0.25) is 0 Å². The topological polar surface area (TPSA) is 88.3 Å². The molecule has 2 rings (SSSR count). The van der Waals surface area contributed by atoms with Crippen molar-refractivity contribution < 1.29 is 8.42 Å². The zero-order valence-electron chi connectivity index (χ0n) is 11.9. The van der Waals surface area contributed by atoms with E-state index in [0.29, 0.717) is 18.2 Å². The number of nitrogens with two attached hydrogens (primary N) is 1. The second-order valence-corrected chi connectivity index (χ2v) is 7.57. The molecule has 21 heavy (non-hydrogen) atoms. The first-order valence-corrected chi connectivity index (χ1v) is 8.71. The molecule has 0 aliphatic carbocycles. The van der Waals surface area contributed by atoms with Crippen LogP contribution in [0.3, 0.4) is 0 Å². The van der Waals surface area contributed by atoms with Crippen molar-refractivity contribution in [2.24, 2.45) is 11.7 Å². The quantitative estimate of drug-likeness (QED) is 0.758. The number of hydrogen-bond acceptors (Lipinski definition) is 5. The molecule has 0 aromatic carbocycles. The van der Waals surface area contributed by atoms with Gasteiger partial charge >= 0.3 is 0 Å². The Morgan fingerprint density at radius 1 is 1.57 bits per heavy atom. The summed E-state index contributed by atoms with van der Waals surface area (Å²) in [6.45, 7) is 2.44. The van der Waals surface area contributed by atoms with Gasteiger partial charge in [0.15, 0.2) is 0 Å². The second-order valence-electron chi connectivity index (χ2n) is 5.37. The van der Waals surface area contributed by atoms with E-state index in [2.05, 4.69) is 21.7 Å². The summed E-state index contributed by atoms with van der Waals surface area (Å²) in [5.74, 6) is 0.349. The third kappa shape index (κ3) is 4.44. The number of nitrogens with one attached hydrogen (secondary N) is 1. The third-order valence-corrected chi connectivity index (χ3v) is 5.20. The smallest absolute Gasteiger partial charge is 0.242 e. The Kier molecular flexibility index (Phi) is 5.26. The molecular formula is C13H20N4O2S2. The van der Waals surface area contributed by atoms with E-state index in [-0.39, 0.29) is 9.88 Å². The van der Waals surface area contributed by atoms with E-state index in [0.717, 1.165) is 25.9 Å². The fourth-order valence-electron chi connectivity index (χ4n) is 2.44. The summed E-state index contributed by atoms with van der Waals surface area (Å²) in [6.07, 6.45) is 3.43. The summed E-state index contributed by atoms with van der Waals surface area (Å²) in [5.41, 5.74) is 5.86. The molecule has 0 amide bonds. The number of likely N-dealkylation sites (tertiary alicyclic amines) is 1. The monoisotopic (exact) mass is 328 g/mol. The normalized spacial score (nSPS) is 20.3. The number of rotatable bonds is 5. The minimum atomic E-state index is -3.53. The molecule has 1 atom stereocenters. The molecule has 8 heteroatoms. The molecule has 6 nitrogen and oxygen atoms in total. The van der Waals surface area contributed by atoms with Crippen molar-refractivity contribution >= 4 is 27.2 Å². The Morgan fingerprint density at radius 3 is 2.90 bits per heavy atom. The van der Waals surface area contributed by atoms with E-state index >= 15 is 0 Å². The first kappa shape index (κ1) is 16.3. The Hall–Kier alpha value is -1.09. The number of aromatic nitrogens is 1. The fourth-order valence-corrected chi connectivity index (χ4v) is 3.62. The van der Waals surface area contributed by atoms with Crippen LogP contribution in [0.1, 0.15) is 18.5 Å². The second kappa shape index (κ2) is 6.78. The maximum atomic E-state index is 12.2. The molecule has 116 valence electrons. The average molecular weight is 328 g/mol. The van der Waals surface area contributed by atoms with Gasteiger partial charge in [0.2, 0.25) is 10.0 Å². The molecule has 1 fully saturated rings. The van der Waals surface area contributed by atoms with Gasteiger partial charge in [-0.05, 0) is 44.5 Å². The van der Waals surface area contributed by atoms with Crippen LogP contribution in [0.15, 0.2) is 23.2 Å². The highest BCUT2D eigenvalue weighted by molar-refractivity contribution is 7.89. The molecule has 1 saturated heterocycles. The maximum Gasteiger partial charge on any atom is 0.242 e. The number of hydrogen-bond donors (Lipinski definition) is 2. The Morgan fingerprint density at radius 2 is 2.33 bits per heavy atom. The van der Waals surface area contributed by atoms with Gasteiger partial charge in [-0.3, -0.25) is 4.98 Å². The van der Waals surface area contributed by atoms with Gasteiger partial charge in [-0.1, -0.05) is 12.2 Å². The zero-order chi connectivity index (χ0) is 15.5. The maximum absolute atomic E-state index is 12.2. The van der Waals surface area contributed by atoms with Crippen LogP contribution in [0.5, 0.6) is 0 Å². The highest BCUT2D eigenvalue weighted by atomic mass is 32.2. The van der Waals surface area contributed by atoms with Crippen molar-refractivity contribution in [2.75, 3.05) is 26.7 Å². The molecule has 0 radical (unpaired) electrons. The molecule has 1 aromatic rings. The largest absolute Gasteiger partial charge is 0.388 e. The van der Waals surface area contributed by atoms with Gasteiger partial charge in [0.25, 0.3) is 0 Å². The standard InChI is InChI=1S/C13H20N4O2S2/c1-17-6-2-3-10(9-17)7-16-21(18,19)11-4-5-12(13(14)20)15-8-11/h4-5,8,10,16H,2-3,6-7,9H2,1H3,(H2,14,20). The van der Waals surface area contributed by atoms with E-state index in [1.54, 1.807) is 0 Å². The lowest BCUT2D eigenvalue weighted by Crippen LogP contribution is -2.39. The lowest BCUT2D eigenvalue weighted by Gasteiger charge is -2.29. The van der Waals surface area contributed by atoms with Crippen molar-refractivity contribution in [3.8, 4) is 0 Å². The van der Waals surface area contributed by atoms with Crippen molar-refractivity contribution in [2.45, 2.75) is 17.7 Å². The Bertz CT molecular complexity index is 601. The summed E-state index contributed by atoms with van der Waals surface area (Å²) in [5, 5.41) is 0. The van der Waals surface area contributed by atoms with Crippen LogP contribution < -0.4 is 10.5 Å². The van der Waals surface area contributed by atoms with Gasteiger partial charge in [0, 0.05) is 19.3 Å². The summed E-state index contributed by atoms with van der Waals surface area (Å²) >= 11 is 4.79. The summed E-state index contributed by atoms with van der Waals surface area (Å²) in [6, 6.07) is 2.99. The van der Waals surface area contributed by atoms with E-state index in [9.17, 15) is 8.42 Å². The first-order chi connectivity index (χ1) is 9.88. The highest BCUT2D eigenvalue weighted by Crippen LogP contribution is 2.15. The van der Waals surface area contributed by atoms with E-state index < -0.39 is 10.0 Å². The summed E-state index contributed by atoms with van der Waals surface area (Å²) in [4.78, 5) is 6.46. The van der Waals surface area contributed by atoms with Gasteiger partial charge < -0.3 is 10.6 Å². The molecule has 0 spiro atoms. The third-order valence-electron chi connectivity index (χ3n) is 3.58. The van der Waals surface area contributed by atoms with Crippen molar-refractivity contribution in [1.29, 1.82) is 0 Å². The molecular weight excluding hydrogens is 308 g/mol. The van der Waals surface area contributed by atoms with Gasteiger partial charge in [0.1, 0.15) is 9.88 Å². The predicted octanol–water partition coefficient (Wildman–Crippen LogP) is 0.336. The molecule has 1 unspecified atom stereocenters. The predicted molar refractivity (Wildman–Crippen MR) is 85.5 cm³/mol. The van der Waals surface area contributed by atoms with Crippen LogP contribution in [0, 0.1) is 5.92 Å². The summed E-state index contributed by atoms with van der Waals surface area (Å²) < 4.78 is 27.1. The van der Waals surface area contributed by atoms with Crippen LogP contribution in [-0.4, -0.2) is 50.0 Å². The van der Waals surface area contributed by atoms with E-state index in [1.165, 1.54) is 18.3 Å². The number of piperidine rings is 1. The lowest BCUT2D eigenvalue weighted by atomic mass is 9.99. The number of nitrogens with zero attached hydrogens (tertiary/aromatic N) is 2. The van der Waals surface area contributed by atoms with Crippen LogP contribution >= 0.6 is 12.2 Å². The molecule has 0 saturated carbocycles. The minimum Gasteiger partial charge on any atom is -0.388 e. The SMILES string of the molecule is CN1CCCC(CNS(=O)(=O)c2ccc(C(N)=S)nc2)C1. The number of pyridine rings is 1. The van der Waals surface area contributed by atoms with Gasteiger partial charge in [-0.2, -0.15) is 0 Å². The van der Waals surface area contributed by atoms with Crippen molar-refractivity contribution in [3.05, 3.63) is 24.0 Å². The van der Waals surface area contributed by atoms with Crippen LogP contribution in [0.4, 0.5) is 0 Å². The minimum absolute atomic E-state index is 0.131. The van der Waals surface area contributed by atoms with Crippen molar-refractivity contribution in [1.82, 2.24) is 14.6 Å². The van der Waals surface area contributed by atoms with Crippen molar-refractivity contribution in [3.63, 3.8) is 0 Å². The zero-order valence-corrected chi connectivity index (χ0v) is 13.6. The van der Waals surface area contributed by atoms with Gasteiger partial charge in [-0.15, -0.1) is 0 Å². The summed E-state index contributed by atoms with van der Waals surface area (Å²) in [7, 11) is -1.48. The molecule has 2 heterocycles. The molecule has 1 aliphatic rings. The van der Waals surface area contributed by atoms with Crippen LogP contribution in [-0.2, 0) is 10.0 Å². The van der Waals surface area contributed by atoms with E-state index in [1.807, 2.05) is 0 Å². The van der Waals surface area contributed by atoms with Gasteiger partial charge in [0.05, 0.1) is 5.69 Å². The highest BCUT2D eigenvalue weighted by Gasteiger charge is 2.21. The average Bonchev–Trinajstić information content (AvgIpc) is 2.45. The van der Waals surface area contributed by atoms with Gasteiger partial charge in [-0.25, -0.2) is 13.1 Å². The molecule has 0 bridgehead atoms. The lowest BCUT2D eigenvalue weighted by molar-refractivity contribution is 0.211. The van der Waals surface area contributed by atoms with Crippen LogP contribution in [0.25, 0.3) is 0 Å². The number of thiocarbonyl (C=S) groups is 1. The first-order valence-electron chi connectivity index (χ1n) is 6.82. The molecule has 3 N–H and O–H groups in total. The Labute approximate surface area is 130 Å². The fraction of sp³-hybridized carbons (Fsp3) is 0.538. The molecule has 1 aromatic heterocycles.